The fourth-order valence-electron chi connectivity index (χ4n) is 1.78. The lowest BCUT2D eigenvalue weighted by Crippen LogP contribution is -2.36. The number of rotatable bonds is 4. The van der Waals surface area contributed by atoms with E-state index in [1.54, 1.807) is 4.90 Å². The first-order valence-electron chi connectivity index (χ1n) is 6.65. The third-order valence-corrected chi connectivity index (χ3v) is 3.04. The first-order valence-corrected chi connectivity index (χ1v) is 6.65. The second-order valence-electron chi connectivity index (χ2n) is 5.56. The summed E-state index contributed by atoms with van der Waals surface area (Å²) in [5, 5.41) is 11.7. The van der Waals surface area contributed by atoms with E-state index in [2.05, 4.69) is 26.1 Å². The van der Waals surface area contributed by atoms with E-state index in [-0.39, 0.29) is 18.1 Å². The van der Waals surface area contributed by atoms with Gasteiger partial charge in [0.1, 0.15) is 0 Å². The number of carbonyl (C=O) groups excluding carboxylic acids is 1. The number of aliphatic hydroxyl groups is 1. The van der Waals surface area contributed by atoms with Crippen LogP contribution in [0.3, 0.4) is 0 Å². The second kappa shape index (κ2) is 6.57. The van der Waals surface area contributed by atoms with Gasteiger partial charge in [-0.15, -0.1) is 0 Å². The molecule has 1 aromatic rings. The largest absolute Gasteiger partial charge is 0.395 e. The van der Waals surface area contributed by atoms with E-state index in [1.807, 2.05) is 31.2 Å². The monoisotopic (exact) mass is 264 g/mol. The molecule has 2 amide bonds. The quantitative estimate of drug-likeness (QED) is 0.878. The molecule has 4 nitrogen and oxygen atoms in total. The Morgan fingerprint density at radius 1 is 1.26 bits per heavy atom. The third-order valence-electron chi connectivity index (χ3n) is 3.04. The van der Waals surface area contributed by atoms with Gasteiger partial charge in [-0.05, 0) is 30.0 Å². The Labute approximate surface area is 115 Å². The van der Waals surface area contributed by atoms with Crippen LogP contribution in [0.4, 0.5) is 10.5 Å². The lowest BCUT2D eigenvalue weighted by atomic mass is 9.87. The number of urea groups is 1. The number of benzene rings is 1. The van der Waals surface area contributed by atoms with E-state index >= 15 is 0 Å². The molecule has 2 N–H and O–H groups in total. The topological polar surface area (TPSA) is 52.6 Å². The van der Waals surface area contributed by atoms with E-state index in [0.717, 1.165) is 5.69 Å². The van der Waals surface area contributed by atoms with Crippen LogP contribution < -0.4 is 5.32 Å². The number of amides is 2. The summed E-state index contributed by atoms with van der Waals surface area (Å²) in [6, 6.07) is 7.69. The van der Waals surface area contributed by atoms with E-state index in [4.69, 9.17) is 5.11 Å². The number of aliphatic hydroxyl groups excluding tert-OH is 1. The molecular weight excluding hydrogens is 240 g/mol. The number of hydrogen-bond acceptors (Lipinski definition) is 2. The van der Waals surface area contributed by atoms with Gasteiger partial charge in [-0.25, -0.2) is 4.79 Å². The predicted octanol–water partition coefficient (Wildman–Crippen LogP) is 2.83. The minimum atomic E-state index is -0.181. The predicted molar refractivity (Wildman–Crippen MR) is 78.5 cm³/mol. The molecule has 19 heavy (non-hydrogen) atoms. The molecule has 0 saturated carbocycles. The highest BCUT2D eigenvalue weighted by atomic mass is 16.3. The SMILES string of the molecule is CCN(CCO)C(=O)Nc1ccc(C(C)(C)C)cc1. The number of carbonyl (C=O) groups is 1. The lowest BCUT2D eigenvalue weighted by Gasteiger charge is -2.21. The molecule has 0 heterocycles. The normalized spacial score (nSPS) is 11.2. The molecule has 1 rings (SSSR count). The average molecular weight is 264 g/mol. The number of nitrogens with one attached hydrogen (secondary N) is 1. The average Bonchev–Trinajstić information content (AvgIpc) is 2.35. The standard InChI is InChI=1S/C15H24N2O2/c1-5-17(10-11-18)14(19)16-13-8-6-12(7-9-13)15(2,3)4/h6-9,18H,5,10-11H2,1-4H3,(H,16,19). The number of nitrogens with zero attached hydrogens (tertiary/aromatic N) is 1. The van der Waals surface area contributed by atoms with E-state index in [1.165, 1.54) is 5.56 Å². The Kier molecular flexibility index (Phi) is 5.36. The van der Waals surface area contributed by atoms with Gasteiger partial charge < -0.3 is 15.3 Å². The first-order chi connectivity index (χ1) is 8.88. The summed E-state index contributed by atoms with van der Waals surface area (Å²) in [7, 11) is 0. The Morgan fingerprint density at radius 2 is 1.84 bits per heavy atom. The molecule has 0 bridgehead atoms. The number of likely N-dealkylation sites (N-methyl/N-ethyl adjacent to an activating group) is 1. The smallest absolute Gasteiger partial charge is 0.321 e. The van der Waals surface area contributed by atoms with Crippen molar-refractivity contribution in [2.24, 2.45) is 0 Å². The molecule has 4 heteroatoms. The summed E-state index contributed by atoms with van der Waals surface area (Å²) in [5.41, 5.74) is 2.11. The number of hydrogen-bond donors (Lipinski definition) is 2. The summed E-state index contributed by atoms with van der Waals surface area (Å²) in [6.45, 7) is 9.25. The Balaban J connectivity index is 2.70. The zero-order valence-electron chi connectivity index (χ0n) is 12.2. The Morgan fingerprint density at radius 3 is 2.26 bits per heavy atom. The highest BCUT2D eigenvalue weighted by Crippen LogP contribution is 2.23. The summed E-state index contributed by atoms with van der Waals surface area (Å²) < 4.78 is 0. The van der Waals surface area contributed by atoms with Crippen LogP contribution in [0.5, 0.6) is 0 Å². The van der Waals surface area contributed by atoms with Gasteiger partial charge in [-0.1, -0.05) is 32.9 Å². The molecule has 0 aliphatic heterocycles. The van der Waals surface area contributed by atoms with Crippen molar-refractivity contribution in [2.75, 3.05) is 25.0 Å². The molecule has 1 aromatic carbocycles. The molecule has 0 atom stereocenters. The van der Waals surface area contributed by atoms with Gasteiger partial charge >= 0.3 is 6.03 Å². The molecule has 106 valence electrons. The van der Waals surface area contributed by atoms with Crippen LogP contribution in [-0.2, 0) is 5.41 Å². The van der Waals surface area contributed by atoms with Gasteiger partial charge in [0, 0.05) is 18.8 Å². The minimum Gasteiger partial charge on any atom is -0.395 e. The first kappa shape index (κ1) is 15.5. The number of anilines is 1. The fourth-order valence-corrected chi connectivity index (χ4v) is 1.78. The summed E-state index contributed by atoms with van der Waals surface area (Å²) in [6.07, 6.45) is 0. The molecule has 0 aliphatic rings. The van der Waals surface area contributed by atoms with Gasteiger partial charge in [0.05, 0.1) is 6.61 Å². The second-order valence-corrected chi connectivity index (χ2v) is 5.56. The molecule has 0 unspecified atom stereocenters. The molecule has 0 radical (unpaired) electrons. The summed E-state index contributed by atoms with van der Waals surface area (Å²) in [4.78, 5) is 13.5. The zero-order valence-corrected chi connectivity index (χ0v) is 12.2. The third kappa shape index (κ3) is 4.56. The maximum Gasteiger partial charge on any atom is 0.321 e. The molecular formula is C15H24N2O2. The fraction of sp³-hybridized carbons (Fsp3) is 0.533. The van der Waals surface area contributed by atoms with Gasteiger partial charge in [-0.3, -0.25) is 0 Å². The van der Waals surface area contributed by atoms with Crippen molar-refractivity contribution >= 4 is 11.7 Å². The maximum atomic E-state index is 11.9. The van der Waals surface area contributed by atoms with Gasteiger partial charge in [0.15, 0.2) is 0 Å². The zero-order chi connectivity index (χ0) is 14.5. The maximum absolute atomic E-state index is 11.9. The van der Waals surface area contributed by atoms with E-state index in [0.29, 0.717) is 13.1 Å². The van der Waals surface area contributed by atoms with Crippen LogP contribution in [0, 0.1) is 0 Å². The highest BCUT2D eigenvalue weighted by molar-refractivity contribution is 5.89. The van der Waals surface area contributed by atoms with Crippen molar-refractivity contribution < 1.29 is 9.90 Å². The van der Waals surface area contributed by atoms with Crippen molar-refractivity contribution in [3.63, 3.8) is 0 Å². The highest BCUT2D eigenvalue weighted by Gasteiger charge is 2.14. The Hall–Kier alpha value is -1.55. The molecule has 0 aromatic heterocycles. The van der Waals surface area contributed by atoms with Crippen molar-refractivity contribution in [3.05, 3.63) is 29.8 Å². The van der Waals surface area contributed by atoms with Gasteiger partial charge in [-0.2, -0.15) is 0 Å². The Bertz CT molecular complexity index is 407. The van der Waals surface area contributed by atoms with Crippen molar-refractivity contribution in [2.45, 2.75) is 33.1 Å². The molecule has 0 aliphatic carbocycles. The van der Waals surface area contributed by atoms with Crippen LogP contribution in [-0.4, -0.2) is 35.7 Å². The van der Waals surface area contributed by atoms with E-state index in [9.17, 15) is 4.79 Å². The summed E-state index contributed by atoms with van der Waals surface area (Å²) >= 11 is 0. The van der Waals surface area contributed by atoms with Crippen LogP contribution in [0.2, 0.25) is 0 Å². The molecule has 0 spiro atoms. The van der Waals surface area contributed by atoms with Crippen LogP contribution >= 0.6 is 0 Å². The van der Waals surface area contributed by atoms with E-state index < -0.39 is 0 Å². The summed E-state index contributed by atoms with van der Waals surface area (Å²) in [5.74, 6) is 0. The van der Waals surface area contributed by atoms with Crippen LogP contribution in [0.15, 0.2) is 24.3 Å². The molecule has 0 saturated heterocycles. The van der Waals surface area contributed by atoms with Gasteiger partial charge in [0.2, 0.25) is 0 Å². The van der Waals surface area contributed by atoms with Crippen molar-refractivity contribution in [1.82, 2.24) is 4.90 Å². The molecule has 0 fully saturated rings. The van der Waals surface area contributed by atoms with Crippen LogP contribution in [0.25, 0.3) is 0 Å². The van der Waals surface area contributed by atoms with Gasteiger partial charge in [0.25, 0.3) is 0 Å². The van der Waals surface area contributed by atoms with Crippen molar-refractivity contribution in [1.29, 1.82) is 0 Å². The minimum absolute atomic E-state index is 0.0236. The van der Waals surface area contributed by atoms with Crippen molar-refractivity contribution in [3.8, 4) is 0 Å². The van der Waals surface area contributed by atoms with Crippen LogP contribution in [0.1, 0.15) is 33.3 Å². The lowest BCUT2D eigenvalue weighted by molar-refractivity contribution is 0.192.